The maximum absolute atomic E-state index is 5.82. The summed E-state index contributed by atoms with van der Waals surface area (Å²) in [4.78, 5) is 0. The number of benzene rings is 2. The largest absolute Gasteiger partial charge is 0.399 e. The number of hydrogen-bond donors (Lipinski definition) is 2. The van der Waals surface area contributed by atoms with E-state index in [9.17, 15) is 0 Å². The Kier molecular flexibility index (Phi) is 2.78. The molecule has 1 aliphatic carbocycles. The van der Waals surface area contributed by atoms with Gasteiger partial charge in [0.1, 0.15) is 0 Å². The summed E-state index contributed by atoms with van der Waals surface area (Å²) in [7, 11) is 0. The molecule has 0 saturated carbocycles. The summed E-state index contributed by atoms with van der Waals surface area (Å²) >= 11 is 0. The zero-order valence-corrected chi connectivity index (χ0v) is 12.2. The molecule has 0 unspecified atom stereocenters. The molecule has 0 fully saturated rings. The Labute approximate surface area is 125 Å². The highest BCUT2D eigenvalue weighted by atomic mass is 15.0. The van der Waals surface area contributed by atoms with Crippen LogP contribution >= 0.6 is 0 Å². The highest BCUT2D eigenvalue weighted by Gasteiger charge is 2.37. The van der Waals surface area contributed by atoms with Gasteiger partial charge in [0.2, 0.25) is 0 Å². The lowest BCUT2D eigenvalue weighted by molar-refractivity contribution is 0.425. The molecule has 1 aliphatic heterocycles. The average molecular weight is 276 g/mol. The Morgan fingerprint density at radius 1 is 1.10 bits per heavy atom. The van der Waals surface area contributed by atoms with Crippen molar-refractivity contribution in [2.24, 2.45) is 5.92 Å². The molecule has 0 saturated heterocycles. The Balaban J connectivity index is 1.78. The number of anilines is 2. The maximum atomic E-state index is 5.82. The molecule has 2 aromatic carbocycles. The highest BCUT2D eigenvalue weighted by molar-refractivity contribution is 5.61. The van der Waals surface area contributed by atoms with Crippen molar-refractivity contribution in [1.82, 2.24) is 0 Å². The van der Waals surface area contributed by atoms with Crippen LogP contribution in [-0.2, 0) is 0 Å². The van der Waals surface area contributed by atoms with E-state index in [-0.39, 0.29) is 0 Å². The van der Waals surface area contributed by atoms with Crippen LogP contribution in [0.3, 0.4) is 0 Å². The fourth-order valence-corrected chi connectivity index (χ4v) is 3.75. The van der Waals surface area contributed by atoms with Crippen molar-refractivity contribution in [3.63, 3.8) is 0 Å². The fraction of sp³-hybridized carbons (Fsp3) is 0.263. The van der Waals surface area contributed by atoms with Crippen LogP contribution in [0, 0.1) is 12.8 Å². The number of nitrogens with one attached hydrogen (secondary N) is 1. The minimum Gasteiger partial charge on any atom is -0.399 e. The third-order valence-electron chi connectivity index (χ3n) is 4.81. The van der Waals surface area contributed by atoms with E-state index in [1.807, 2.05) is 12.1 Å². The molecule has 0 radical (unpaired) electrons. The van der Waals surface area contributed by atoms with Gasteiger partial charge in [0, 0.05) is 17.3 Å². The van der Waals surface area contributed by atoms with Crippen molar-refractivity contribution in [3.8, 4) is 0 Å². The van der Waals surface area contributed by atoms with Crippen molar-refractivity contribution in [2.45, 2.75) is 25.3 Å². The molecule has 2 heteroatoms. The number of allylic oxidation sites excluding steroid dienone is 2. The zero-order valence-electron chi connectivity index (χ0n) is 12.2. The van der Waals surface area contributed by atoms with E-state index in [4.69, 9.17) is 5.73 Å². The molecule has 2 aromatic rings. The van der Waals surface area contributed by atoms with E-state index < -0.39 is 0 Å². The van der Waals surface area contributed by atoms with Crippen molar-refractivity contribution in [1.29, 1.82) is 0 Å². The van der Waals surface area contributed by atoms with E-state index in [2.05, 4.69) is 54.7 Å². The van der Waals surface area contributed by atoms with Gasteiger partial charge in [-0.1, -0.05) is 42.0 Å². The standard InChI is InChI=1S/C19H20N2/c1-12-5-10-18-17(11-12)15-3-2-4-16(15)19(21-18)13-6-8-14(20)9-7-13/h2-3,5-11,15-16,19,21H,4,20H2,1H3/t15-,16+,19-/m1/s1. The second-order valence-electron chi connectivity index (χ2n) is 6.23. The molecule has 1 heterocycles. The molecule has 21 heavy (non-hydrogen) atoms. The summed E-state index contributed by atoms with van der Waals surface area (Å²) in [5.74, 6) is 1.13. The van der Waals surface area contributed by atoms with Gasteiger partial charge in [-0.25, -0.2) is 0 Å². The third kappa shape index (κ3) is 2.02. The Bertz CT molecular complexity index is 700. The number of rotatable bonds is 1. The summed E-state index contributed by atoms with van der Waals surface area (Å²) < 4.78 is 0. The van der Waals surface area contributed by atoms with E-state index >= 15 is 0 Å². The second kappa shape index (κ2) is 4.66. The molecule has 2 aliphatic rings. The highest BCUT2D eigenvalue weighted by Crippen LogP contribution is 2.49. The number of aryl methyl sites for hydroxylation is 1. The molecule has 0 spiro atoms. The van der Waals surface area contributed by atoms with Gasteiger partial charge in [0.05, 0.1) is 6.04 Å². The summed E-state index contributed by atoms with van der Waals surface area (Å²) in [6, 6.07) is 15.4. The van der Waals surface area contributed by atoms with Gasteiger partial charge in [0.15, 0.2) is 0 Å². The van der Waals surface area contributed by atoms with Crippen LogP contribution in [0.15, 0.2) is 54.6 Å². The minimum absolute atomic E-state index is 0.362. The van der Waals surface area contributed by atoms with Crippen LogP contribution in [0.5, 0.6) is 0 Å². The lowest BCUT2D eigenvalue weighted by atomic mass is 9.76. The van der Waals surface area contributed by atoms with E-state index in [1.54, 1.807) is 0 Å². The summed E-state index contributed by atoms with van der Waals surface area (Å²) in [5.41, 5.74) is 12.0. The van der Waals surface area contributed by atoms with E-state index in [1.165, 1.54) is 22.4 Å². The van der Waals surface area contributed by atoms with Gasteiger partial charge >= 0.3 is 0 Å². The normalized spacial score (nSPS) is 26.0. The van der Waals surface area contributed by atoms with Gasteiger partial charge in [-0.05, 0) is 48.6 Å². The van der Waals surface area contributed by atoms with Gasteiger partial charge in [-0.3, -0.25) is 0 Å². The summed E-state index contributed by atoms with van der Waals surface area (Å²) in [6.07, 6.45) is 5.85. The predicted molar refractivity (Wildman–Crippen MR) is 88.4 cm³/mol. The number of nitrogens with two attached hydrogens (primary N) is 1. The van der Waals surface area contributed by atoms with Gasteiger partial charge < -0.3 is 11.1 Å². The van der Waals surface area contributed by atoms with Crippen molar-refractivity contribution < 1.29 is 0 Å². The lowest BCUT2D eigenvalue weighted by Gasteiger charge is -2.37. The predicted octanol–water partition coefficient (Wildman–Crippen LogP) is 4.40. The third-order valence-corrected chi connectivity index (χ3v) is 4.81. The van der Waals surface area contributed by atoms with Crippen LogP contribution in [0.2, 0.25) is 0 Å². The SMILES string of the molecule is Cc1ccc2c(c1)[C@@H]1C=CC[C@@H]1[C@@H](c1ccc(N)cc1)N2. The lowest BCUT2D eigenvalue weighted by Crippen LogP contribution is -2.29. The van der Waals surface area contributed by atoms with Crippen LogP contribution in [0.1, 0.15) is 35.1 Å². The first-order chi connectivity index (χ1) is 10.2. The molecule has 0 aromatic heterocycles. The average Bonchev–Trinajstić information content (AvgIpc) is 2.97. The van der Waals surface area contributed by atoms with E-state index in [0.29, 0.717) is 17.9 Å². The molecule has 3 atom stereocenters. The summed E-state index contributed by atoms with van der Waals surface area (Å²) in [6.45, 7) is 2.17. The van der Waals surface area contributed by atoms with Gasteiger partial charge in [-0.15, -0.1) is 0 Å². The van der Waals surface area contributed by atoms with E-state index in [0.717, 1.165) is 12.1 Å². The van der Waals surface area contributed by atoms with Crippen molar-refractivity contribution in [2.75, 3.05) is 11.1 Å². The Hall–Kier alpha value is -2.22. The minimum atomic E-state index is 0.362. The first-order valence-electron chi connectivity index (χ1n) is 7.61. The van der Waals surface area contributed by atoms with Gasteiger partial charge in [-0.2, -0.15) is 0 Å². The van der Waals surface area contributed by atoms with Crippen molar-refractivity contribution >= 4 is 11.4 Å². The molecule has 0 bridgehead atoms. The number of hydrogen-bond acceptors (Lipinski definition) is 2. The van der Waals surface area contributed by atoms with Crippen molar-refractivity contribution in [3.05, 3.63) is 71.3 Å². The topological polar surface area (TPSA) is 38.0 Å². The Morgan fingerprint density at radius 2 is 1.90 bits per heavy atom. The first-order valence-corrected chi connectivity index (χ1v) is 7.61. The molecule has 4 rings (SSSR count). The van der Waals surface area contributed by atoms with Crippen LogP contribution in [-0.4, -0.2) is 0 Å². The molecule has 2 nitrogen and oxygen atoms in total. The zero-order chi connectivity index (χ0) is 14.4. The molecule has 106 valence electrons. The van der Waals surface area contributed by atoms with Gasteiger partial charge in [0.25, 0.3) is 0 Å². The Morgan fingerprint density at radius 3 is 2.71 bits per heavy atom. The summed E-state index contributed by atoms with van der Waals surface area (Å²) in [5, 5.41) is 3.75. The monoisotopic (exact) mass is 276 g/mol. The van der Waals surface area contributed by atoms with Crippen LogP contribution in [0.25, 0.3) is 0 Å². The molecular formula is C19H20N2. The molecular weight excluding hydrogens is 256 g/mol. The van der Waals surface area contributed by atoms with Crippen LogP contribution in [0.4, 0.5) is 11.4 Å². The quantitative estimate of drug-likeness (QED) is 0.598. The fourth-order valence-electron chi connectivity index (χ4n) is 3.75. The maximum Gasteiger partial charge on any atom is 0.0553 e. The second-order valence-corrected chi connectivity index (χ2v) is 6.23. The smallest absolute Gasteiger partial charge is 0.0553 e. The molecule has 3 N–H and O–H groups in total. The number of fused-ring (bicyclic) bond motifs is 3. The molecule has 0 amide bonds. The number of nitrogen functional groups attached to an aromatic ring is 1. The first kappa shape index (κ1) is 12.5. The van der Waals surface area contributed by atoms with Crippen LogP contribution < -0.4 is 11.1 Å².